The Morgan fingerprint density at radius 2 is 1.65 bits per heavy atom. The molecule has 2 aromatic rings. The van der Waals surface area contributed by atoms with Crippen LogP contribution in [0, 0.1) is 12.7 Å². The van der Waals surface area contributed by atoms with Crippen LogP contribution in [0.5, 0.6) is 0 Å². The van der Waals surface area contributed by atoms with Crippen LogP contribution in [0.4, 0.5) is 17.6 Å². The first kappa shape index (κ1) is 14.5. The second kappa shape index (κ2) is 5.25. The molecule has 0 amide bonds. The van der Waals surface area contributed by atoms with Crippen LogP contribution in [0.2, 0.25) is 0 Å². The molecule has 0 fully saturated rings. The summed E-state index contributed by atoms with van der Waals surface area (Å²) in [7, 11) is 0. The fourth-order valence-electron chi connectivity index (χ4n) is 2.15. The molecule has 0 spiro atoms. The SMILES string of the molecule is Cc1ccccc1C(N)c1cc(F)ccc1C(F)(F)F. The van der Waals surface area contributed by atoms with Crippen molar-refractivity contribution in [2.75, 3.05) is 0 Å². The highest BCUT2D eigenvalue weighted by molar-refractivity contribution is 5.41. The molecule has 20 heavy (non-hydrogen) atoms. The Labute approximate surface area is 114 Å². The molecule has 106 valence electrons. The molecule has 2 rings (SSSR count). The van der Waals surface area contributed by atoms with Crippen molar-refractivity contribution in [1.29, 1.82) is 0 Å². The number of hydrogen-bond acceptors (Lipinski definition) is 1. The van der Waals surface area contributed by atoms with Gasteiger partial charge in [0.1, 0.15) is 5.82 Å². The minimum Gasteiger partial charge on any atom is -0.320 e. The van der Waals surface area contributed by atoms with Crippen molar-refractivity contribution in [3.05, 3.63) is 70.5 Å². The van der Waals surface area contributed by atoms with Gasteiger partial charge in [-0.25, -0.2) is 4.39 Å². The minimum absolute atomic E-state index is 0.258. The van der Waals surface area contributed by atoms with Crippen LogP contribution in [0.3, 0.4) is 0 Å². The summed E-state index contributed by atoms with van der Waals surface area (Å²) >= 11 is 0. The van der Waals surface area contributed by atoms with Crippen LogP contribution in [0.1, 0.15) is 28.3 Å². The quantitative estimate of drug-likeness (QED) is 0.821. The molecule has 0 radical (unpaired) electrons. The lowest BCUT2D eigenvalue weighted by atomic mass is 9.92. The van der Waals surface area contributed by atoms with E-state index in [9.17, 15) is 17.6 Å². The first-order valence-electron chi connectivity index (χ1n) is 5.98. The summed E-state index contributed by atoms with van der Waals surface area (Å²) < 4.78 is 52.2. The van der Waals surface area contributed by atoms with E-state index in [1.165, 1.54) is 0 Å². The summed E-state index contributed by atoms with van der Waals surface area (Å²) in [5.74, 6) is -0.739. The molecule has 0 aromatic heterocycles. The zero-order valence-corrected chi connectivity index (χ0v) is 10.7. The van der Waals surface area contributed by atoms with E-state index < -0.39 is 23.6 Å². The lowest BCUT2D eigenvalue weighted by Gasteiger charge is -2.20. The molecule has 0 aliphatic carbocycles. The van der Waals surface area contributed by atoms with Crippen LogP contribution >= 0.6 is 0 Å². The van der Waals surface area contributed by atoms with Gasteiger partial charge in [0, 0.05) is 0 Å². The van der Waals surface area contributed by atoms with Gasteiger partial charge in [-0.3, -0.25) is 0 Å². The molecular weight excluding hydrogens is 270 g/mol. The molecule has 0 aliphatic heterocycles. The third-order valence-corrected chi connectivity index (χ3v) is 3.18. The highest BCUT2D eigenvalue weighted by Gasteiger charge is 2.35. The molecule has 2 N–H and O–H groups in total. The van der Waals surface area contributed by atoms with E-state index >= 15 is 0 Å². The molecule has 0 aliphatic rings. The summed E-state index contributed by atoms with van der Waals surface area (Å²) in [6.45, 7) is 1.75. The maximum atomic E-state index is 13.3. The molecule has 5 heteroatoms. The van der Waals surface area contributed by atoms with Crippen LogP contribution in [-0.4, -0.2) is 0 Å². The number of alkyl halides is 3. The molecule has 0 heterocycles. The van der Waals surface area contributed by atoms with Crippen molar-refractivity contribution in [3.63, 3.8) is 0 Å². The number of rotatable bonds is 2. The zero-order chi connectivity index (χ0) is 14.9. The highest BCUT2D eigenvalue weighted by atomic mass is 19.4. The third kappa shape index (κ3) is 2.82. The van der Waals surface area contributed by atoms with Gasteiger partial charge in [0.05, 0.1) is 11.6 Å². The molecule has 2 aromatic carbocycles. The first-order valence-corrected chi connectivity index (χ1v) is 5.98. The van der Waals surface area contributed by atoms with Gasteiger partial charge in [0.15, 0.2) is 0 Å². The van der Waals surface area contributed by atoms with E-state index in [2.05, 4.69) is 0 Å². The smallest absolute Gasteiger partial charge is 0.320 e. The maximum Gasteiger partial charge on any atom is 0.416 e. The van der Waals surface area contributed by atoms with Gasteiger partial charge in [-0.1, -0.05) is 24.3 Å². The predicted molar refractivity (Wildman–Crippen MR) is 68.6 cm³/mol. The topological polar surface area (TPSA) is 26.0 Å². The summed E-state index contributed by atoms with van der Waals surface area (Å²) in [6, 6.07) is 8.19. The predicted octanol–water partition coefficient (Wildman–Crippen LogP) is 4.20. The van der Waals surface area contributed by atoms with Gasteiger partial charge >= 0.3 is 6.18 Å². The van der Waals surface area contributed by atoms with Gasteiger partial charge in [-0.05, 0) is 41.8 Å². The lowest BCUT2D eigenvalue weighted by Crippen LogP contribution is -2.19. The first-order chi connectivity index (χ1) is 9.30. The number of aryl methyl sites for hydroxylation is 1. The second-order valence-corrected chi connectivity index (χ2v) is 4.56. The number of nitrogens with two attached hydrogens (primary N) is 1. The van der Waals surface area contributed by atoms with E-state index in [0.29, 0.717) is 5.56 Å². The van der Waals surface area contributed by atoms with Crippen molar-refractivity contribution >= 4 is 0 Å². The standard InChI is InChI=1S/C15H13F4N/c1-9-4-2-3-5-11(9)14(20)12-8-10(16)6-7-13(12)15(17,18)19/h2-8,14H,20H2,1H3. The third-order valence-electron chi connectivity index (χ3n) is 3.18. The van der Waals surface area contributed by atoms with E-state index in [4.69, 9.17) is 5.73 Å². The van der Waals surface area contributed by atoms with Crippen molar-refractivity contribution in [2.45, 2.75) is 19.1 Å². The Morgan fingerprint density at radius 1 is 1.00 bits per heavy atom. The van der Waals surface area contributed by atoms with E-state index in [1.807, 2.05) is 0 Å². The van der Waals surface area contributed by atoms with Gasteiger partial charge in [0.2, 0.25) is 0 Å². The average molecular weight is 283 g/mol. The fourth-order valence-corrected chi connectivity index (χ4v) is 2.15. The summed E-state index contributed by atoms with van der Waals surface area (Å²) in [5.41, 5.74) is 6.06. The number of halogens is 4. The largest absolute Gasteiger partial charge is 0.416 e. The summed E-state index contributed by atoms with van der Waals surface area (Å²) in [5, 5.41) is 0. The van der Waals surface area contributed by atoms with E-state index in [1.54, 1.807) is 31.2 Å². The van der Waals surface area contributed by atoms with Crippen molar-refractivity contribution < 1.29 is 17.6 Å². The van der Waals surface area contributed by atoms with Crippen molar-refractivity contribution in [3.8, 4) is 0 Å². The van der Waals surface area contributed by atoms with Crippen molar-refractivity contribution in [2.24, 2.45) is 5.73 Å². The highest BCUT2D eigenvalue weighted by Crippen LogP contribution is 2.36. The van der Waals surface area contributed by atoms with Gasteiger partial charge in [-0.2, -0.15) is 13.2 Å². The van der Waals surface area contributed by atoms with Crippen molar-refractivity contribution in [1.82, 2.24) is 0 Å². The normalized spacial score (nSPS) is 13.3. The Bertz CT molecular complexity index is 620. The molecular formula is C15H13F4N. The molecule has 1 atom stereocenters. The monoisotopic (exact) mass is 283 g/mol. The Morgan fingerprint density at radius 3 is 2.25 bits per heavy atom. The van der Waals surface area contributed by atoms with Crippen LogP contribution in [0.15, 0.2) is 42.5 Å². The molecule has 1 nitrogen and oxygen atoms in total. The van der Waals surface area contributed by atoms with Crippen LogP contribution in [0.25, 0.3) is 0 Å². The lowest BCUT2D eigenvalue weighted by molar-refractivity contribution is -0.138. The van der Waals surface area contributed by atoms with E-state index in [-0.39, 0.29) is 5.56 Å². The summed E-state index contributed by atoms with van der Waals surface area (Å²) in [4.78, 5) is 0. The van der Waals surface area contributed by atoms with Gasteiger partial charge in [-0.15, -0.1) is 0 Å². The zero-order valence-electron chi connectivity index (χ0n) is 10.7. The molecule has 0 bridgehead atoms. The maximum absolute atomic E-state index is 13.3. The Kier molecular flexibility index (Phi) is 3.81. The second-order valence-electron chi connectivity index (χ2n) is 4.56. The fraction of sp³-hybridized carbons (Fsp3) is 0.200. The van der Waals surface area contributed by atoms with Crippen LogP contribution < -0.4 is 5.73 Å². The Hall–Kier alpha value is -1.88. The van der Waals surface area contributed by atoms with Crippen LogP contribution in [-0.2, 0) is 6.18 Å². The minimum atomic E-state index is -4.57. The molecule has 0 saturated carbocycles. The number of hydrogen-bond donors (Lipinski definition) is 1. The van der Waals surface area contributed by atoms with Gasteiger partial charge < -0.3 is 5.73 Å². The molecule has 1 unspecified atom stereocenters. The number of benzene rings is 2. The molecule has 0 saturated heterocycles. The van der Waals surface area contributed by atoms with E-state index in [0.717, 1.165) is 23.8 Å². The van der Waals surface area contributed by atoms with Gasteiger partial charge in [0.25, 0.3) is 0 Å². The average Bonchev–Trinajstić information content (AvgIpc) is 2.37. The Balaban J connectivity index is 2.57. The summed E-state index contributed by atoms with van der Waals surface area (Å²) in [6.07, 6.45) is -4.57.